The highest BCUT2D eigenvalue weighted by Crippen LogP contribution is 2.64. The van der Waals surface area contributed by atoms with Crippen molar-refractivity contribution in [3.8, 4) is 0 Å². The molecule has 0 radical (unpaired) electrons. The molecule has 0 aromatic carbocycles. The first kappa shape index (κ1) is 7.84. The van der Waals surface area contributed by atoms with E-state index in [0.717, 1.165) is 11.0 Å². The first-order valence-corrected chi connectivity index (χ1v) is 8.54. The molecule has 64 valence electrons. The van der Waals surface area contributed by atoms with Crippen molar-refractivity contribution < 1.29 is 0 Å². The van der Waals surface area contributed by atoms with Crippen molar-refractivity contribution in [2.75, 3.05) is 0 Å². The number of fused-ring (bicyclic) bond motifs is 2. The highest BCUT2D eigenvalue weighted by atomic mass is 28.3. The maximum atomic E-state index is 2.57. The van der Waals surface area contributed by atoms with Crippen LogP contribution in [0.5, 0.6) is 0 Å². The summed E-state index contributed by atoms with van der Waals surface area (Å²) in [6, 6.07) is 0. The molecule has 1 heteroatoms. The van der Waals surface area contributed by atoms with Crippen LogP contribution in [0, 0.1) is 5.92 Å². The van der Waals surface area contributed by atoms with Gasteiger partial charge in [-0.25, -0.2) is 0 Å². The summed E-state index contributed by atoms with van der Waals surface area (Å²) in [6.07, 6.45) is 7.87. The van der Waals surface area contributed by atoms with E-state index in [1.807, 2.05) is 0 Å². The highest BCUT2D eigenvalue weighted by Gasteiger charge is 2.52. The van der Waals surface area contributed by atoms with Crippen LogP contribution in [-0.2, 0) is 0 Å². The van der Waals surface area contributed by atoms with Crippen molar-refractivity contribution >= 4 is 8.07 Å². The van der Waals surface area contributed by atoms with Crippen LogP contribution in [0.2, 0.25) is 24.7 Å². The van der Waals surface area contributed by atoms with Crippen LogP contribution in [0.3, 0.4) is 0 Å². The van der Waals surface area contributed by atoms with Gasteiger partial charge in [-0.15, -0.1) is 0 Å². The molecule has 2 saturated carbocycles. The van der Waals surface area contributed by atoms with Gasteiger partial charge in [0.2, 0.25) is 0 Å². The molecule has 0 N–H and O–H groups in total. The lowest BCUT2D eigenvalue weighted by Crippen LogP contribution is -2.36. The number of hydrogen-bond acceptors (Lipinski definition) is 0. The van der Waals surface area contributed by atoms with Crippen molar-refractivity contribution in [1.29, 1.82) is 0 Å². The van der Waals surface area contributed by atoms with Gasteiger partial charge in [0.05, 0.1) is 8.07 Å². The molecule has 0 saturated heterocycles. The molecule has 0 atom stereocenters. The average Bonchev–Trinajstić information content (AvgIpc) is 2.42. The molecule has 0 amide bonds. The fourth-order valence-electron chi connectivity index (χ4n) is 3.25. The molecule has 0 nitrogen and oxygen atoms in total. The maximum absolute atomic E-state index is 2.57. The summed E-state index contributed by atoms with van der Waals surface area (Å²) in [6.45, 7) is 7.71. The molecule has 0 heterocycles. The van der Waals surface area contributed by atoms with E-state index in [2.05, 4.69) is 19.6 Å². The molecule has 2 aliphatic rings. The van der Waals surface area contributed by atoms with Crippen LogP contribution in [0.1, 0.15) is 32.1 Å². The molecule has 0 spiro atoms. The third-order valence-corrected chi connectivity index (χ3v) is 8.22. The minimum Gasteiger partial charge on any atom is -0.0691 e. The van der Waals surface area contributed by atoms with Crippen LogP contribution < -0.4 is 0 Å². The van der Waals surface area contributed by atoms with Crippen molar-refractivity contribution in [2.45, 2.75) is 56.8 Å². The summed E-state index contributed by atoms with van der Waals surface area (Å²) in [4.78, 5) is 0. The zero-order valence-corrected chi connectivity index (χ0v) is 9.11. The molecule has 0 unspecified atom stereocenters. The summed E-state index contributed by atoms with van der Waals surface area (Å²) >= 11 is 0. The minimum atomic E-state index is -0.833. The Balaban J connectivity index is 2.23. The van der Waals surface area contributed by atoms with Crippen molar-refractivity contribution in [2.24, 2.45) is 5.92 Å². The van der Waals surface area contributed by atoms with Crippen molar-refractivity contribution in [1.82, 2.24) is 0 Å². The predicted molar refractivity (Wildman–Crippen MR) is 52.6 cm³/mol. The Morgan fingerprint density at radius 1 is 1.09 bits per heavy atom. The van der Waals surface area contributed by atoms with Gasteiger partial charge in [0.1, 0.15) is 0 Å². The Bertz CT molecular complexity index is 158. The Morgan fingerprint density at radius 2 is 1.64 bits per heavy atom. The predicted octanol–water partition coefficient (Wildman–Crippen LogP) is 3.66. The van der Waals surface area contributed by atoms with E-state index in [0.29, 0.717) is 0 Å². The smallest absolute Gasteiger partial charge is 0.0505 e. The largest absolute Gasteiger partial charge is 0.0691 e. The normalized spacial score (nSPS) is 43.4. The lowest BCUT2D eigenvalue weighted by Gasteiger charge is -2.38. The molecule has 2 aliphatic carbocycles. The molecule has 2 fully saturated rings. The van der Waals surface area contributed by atoms with Crippen LogP contribution in [0.4, 0.5) is 0 Å². The second-order valence-electron chi connectivity index (χ2n) is 5.68. The minimum absolute atomic E-state index is 0.833. The fraction of sp³-hybridized carbons (Fsp3) is 1.00. The summed E-state index contributed by atoms with van der Waals surface area (Å²) in [5.41, 5.74) is 0. The zero-order chi connectivity index (χ0) is 8.11. The van der Waals surface area contributed by atoms with E-state index in [1.165, 1.54) is 0 Å². The van der Waals surface area contributed by atoms with Crippen LogP contribution in [-0.4, -0.2) is 8.07 Å². The molecular formula is C10H20Si. The SMILES string of the molecule is C[Si](C)(C)C12CCC(CC1)C2. The topological polar surface area (TPSA) is 0 Å². The van der Waals surface area contributed by atoms with Gasteiger partial charge in [0, 0.05) is 0 Å². The Hall–Kier alpha value is 0.217. The Kier molecular flexibility index (Phi) is 1.51. The standard InChI is InChI=1S/C10H20Si/c1-11(2,3)10-6-4-9(8-10)5-7-10/h9H,4-8H2,1-3H3. The van der Waals surface area contributed by atoms with Crippen LogP contribution in [0.25, 0.3) is 0 Å². The van der Waals surface area contributed by atoms with Gasteiger partial charge in [0.25, 0.3) is 0 Å². The molecule has 0 aliphatic heterocycles. The van der Waals surface area contributed by atoms with Gasteiger partial charge in [-0.3, -0.25) is 0 Å². The Morgan fingerprint density at radius 3 is 1.82 bits per heavy atom. The van der Waals surface area contributed by atoms with E-state index in [1.54, 1.807) is 32.1 Å². The van der Waals surface area contributed by atoms with Crippen LogP contribution >= 0.6 is 0 Å². The number of hydrogen-bond donors (Lipinski definition) is 0. The maximum Gasteiger partial charge on any atom is 0.0505 e. The average molecular weight is 168 g/mol. The quantitative estimate of drug-likeness (QED) is 0.524. The first-order chi connectivity index (χ1) is 5.04. The highest BCUT2D eigenvalue weighted by molar-refractivity contribution is 6.79. The molecule has 0 aromatic rings. The fourth-order valence-corrected chi connectivity index (χ4v) is 5.94. The zero-order valence-electron chi connectivity index (χ0n) is 8.11. The number of rotatable bonds is 1. The summed E-state index contributed by atoms with van der Waals surface area (Å²) in [5, 5.41) is 0.887. The van der Waals surface area contributed by atoms with E-state index < -0.39 is 8.07 Å². The molecule has 2 bridgehead atoms. The molecule has 11 heavy (non-hydrogen) atoms. The second kappa shape index (κ2) is 2.12. The first-order valence-electron chi connectivity index (χ1n) is 5.04. The van der Waals surface area contributed by atoms with Gasteiger partial charge in [-0.05, 0) is 30.2 Å². The van der Waals surface area contributed by atoms with Gasteiger partial charge >= 0.3 is 0 Å². The monoisotopic (exact) mass is 168 g/mol. The second-order valence-corrected chi connectivity index (χ2v) is 11.2. The van der Waals surface area contributed by atoms with E-state index in [4.69, 9.17) is 0 Å². The lowest BCUT2D eigenvalue weighted by molar-refractivity contribution is 0.481. The summed E-state index contributed by atoms with van der Waals surface area (Å²) in [7, 11) is -0.833. The van der Waals surface area contributed by atoms with E-state index >= 15 is 0 Å². The Labute approximate surface area is 71.4 Å². The van der Waals surface area contributed by atoms with Crippen LogP contribution in [0.15, 0.2) is 0 Å². The van der Waals surface area contributed by atoms with Gasteiger partial charge in [-0.2, -0.15) is 0 Å². The molecular weight excluding hydrogens is 148 g/mol. The van der Waals surface area contributed by atoms with E-state index in [9.17, 15) is 0 Å². The summed E-state index contributed by atoms with van der Waals surface area (Å²) < 4.78 is 0. The van der Waals surface area contributed by atoms with Crippen molar-refractivity contribution in [3.05, 3.63) is 0 Å². The summed E-state index contributed by atoms with van der Waals surface area (Å²) in [5.74, 6) is 1.14. The van der Waals surface area contributed by atoms with Gasteiger partial charge in [0.15, 0.2) is 0 Å². The van der Waals surface area contributed by atoms with Gasteiger partial charge in [-0.1, -0.05) is 32.5 Å². The third kappa shape index (κ3) is 1.00. The van der Waals surface area contributed by atoms with Gasteiger partial charge < -0.3 is 0 Å². The molecule has 0 aromatic heterocycles. The van der Waals surface area contributed by atoms with E-state index in [-0.39, 0.29) is 0 Å². The molecule has 2 rings (SSSR count). The third-order valence-electron chi connectivity index (χ3n) is 4.33. The lowest BCUT2D eigenvalue weighted by atomic mass is 10.0. The van der Waals surface area contributed by atoms with Crippen molar-refractivity contribution in [3.63, 3.8) is 0 Å².